The Labute approximate surface area is 298 Å². The lowest BCUT2D eigenvalue weighted by Gasteiger charge is -2.13. The topological polar surface area (TPSA) is 61.7 Å². The summed E-state index contributed by atoms with van der Waals surface area (Å²) in [6.45, 7) is 0. The highest BCUT2D eigenvalue weighted by Crippen LogP contribution is 2.41. The van der Waals surface area contributed by atoms with Crippen LogP contribution in [0.1, 0.15) is 6.85 Å². The van der Waals surface area contributed by atoms with E-state index in [-0.39, 0.29) is 23.2 Å². The van der Waals surface area contributed by atoms with Crippen molar-refractivity contribution < 1.29 is 11.3 Å². The second-order valence-electron chi connectivity index (χ2n) is 12.5. The van der Waals surface area contributed by atoms with Gasteiger partial charge in [0, 0.05) is 49.1 Å². The van der Waals surface area contributed by atoms with Crippen molar-refractivity contribution >= 4 is 65.6 Å². The first-order chi connectivity index (χ1) is 27.4. The van der Waals surface area contributed by atoms with Crippen molar-refractivity contribution in [1.29, 1.82) is 0 Å². The minimum Gasteiger partial charge on any atom is -0.456 e. The monoisotopic (exact) mass is 658 g/mol. The zero-order valence-corrected chi connectivity index (χ0v) is 26.8. The van der Waals surface area contributed by atoms with Gasteiger partial charge in [0.25, 0.3) is 0 Å². The molecular weight excluding hydrogens is 627 g/mol. The standard InChI is InChI=1S/C45H27N5O/c1-3-13-28(14-4-1)43-46-44(29-23-26-40-36(27-29)33-19-9-12-22-39(33)51-40)48-45(47-43)50-38-21-11-8-18-32(38)35-25-24-34-31-17-7-10-20-37(31)49(41(34)42(35)50)30-15-5-2-6-16-30/h1-27H/i1D,3D,4D,13D,14D. The lowest BCUT2D eigenvalue weighted by atomic mass is 10.1. The van der Waals surface area contributed by atoms with Crippen molar-refractivity contribution in [2.75, 3.05) is 0 Å². The maximum absolute atomic E-state index is 8.93. The summed E-state index contributed by atoms with van der Waals surface area (Å²) < 4.78 is 53.6. The number of benzene rings is 7. The Morgan fingerprint density at radius 1 is 0.451 bits per heavy atom. The molecule has 0 aliphatic carbocycles. The van der Waals surface area contributed by atoms with Gasteiger partial charge in [-0.25, -0.2) is 4.98 Å². The van der Waals surface area contributed by atoms with Gasteiger partial charge in [0.2, 0.25) is 5.95 Å². The predicted molar refractivity (Wildman–Crippen MR) is 207 cm³/mol. The van der Waals surface area contributed by atoms with Crippen molar-refractivity contribution in [3.63, 3.8) is 0 Å². The van der Waals surface area contributed by atoms with Gasteiger partial charge >= 0.3 is 0 Å². The molecule has 0 atom stereocenters. The van der Waals surface area contributed by atoms with Gasteiger partial charge in [0.1, 0.15) is 11.2 Å². The van der Waals surface area contributed by atoms with Gasteiger partial charge in [-0.3, -0.25) is 4.57 Å². The molecule has 0 bridgehead atoms. The Bertz CT molecular complexity index is 3410. The van der Waals surface area contributed by atoms with Gasteiger partial charge < -0.3 is 8.98 Å². The minimum absolute atomic E-state index is 0.0409. The summed E-state index contributed by atoms with van der Waals surface area (Å²) in [5.74, 6) is 0.462. The summed E-state index contributed by atoms with van der Waals surface area (Å²) in [5.41, 5.74) is 6.64. The first-order valence-corrected chi connectivity index (χ1v) is 16.6. The Morgan fingerprint density at radius 3 is 1.78 bits per heavy atom. The van der Waals surface area contributed by atoms with Gasteiger partial charge in [0.15, 0.2) is 11.6 Å². The fourth-order valence-corrected chi connectivity index (χ4v) is 7.49. The van der Waals surface area contributed by atoms with Crippen LogP contribution < -0.4 is 0 Å². The Kier molecular flexibility index (Phi) is 4.91. The molecule has 0 N–H and O–H groups in total. The van der Waals surface area contributed by atoms with E-state index in [0.29, 0.717) is 11.1 Å². The van der Waals surface area contributed by atoms with E-state index in [1.165, 1.54) is 0 Å². The fourth-order valence-electron chi connectivity index (χ4n) is 7.49. The van der Waals surface area contributed by atoms with Crippen LogP contribution >= 0.6 is 0 Å². The third kappa shape index (κ3) is 4.14. The smallest absolute Gasteiger partial charge is 0.238 e. The molecule has 0 aliphatic rings. The molecule has 7 aromatic carbocycles. The highest BCUT2D eigenvalue weighted by atomic mass is 16.3. The Morgan fingerprint density at radius 2 is 1.04 bits per heavy atom. The number of fused-ring (bicyclic) bond motifs is 10. The number of aromatic nitrogens is 5. The van der Waals surface area contributed by atoms with Gasteiger partial charge in [-0.15, -0.1) is 0 Å². The third-order valence-electron chi connectivity index (χ3n) is 9.67. The molecule has 0 saturated carbocycles. The van der Waals surface area contributed by atoms with Gasteiger partial charge in [-0.2, -0.15) is 9.97 Å². The van der Waals surface area contributed by atoms with Crippen LogP contribution in [0.25, 0.3) is 100.0 Å². The average molecular weight is 659 g/mol. The van der Waals surface area contributed by atoms with Crippen LogP contribution in [-0.2, 0) is 0 Å². The van der Waals surface area contributed by atoms with E-state index in [1.54, 1.807) is 0 Å². The summed E-state index contributed by atoms with van der Waals surface area (Å²) in [6.07, 6.45) is 0. The van der Waals surface area contributed by atoms with Crippen molar-refractivity contribution in [3.05, 3.63) is 164 Å². The van der Waals surface area contributed by atoms with Crippen LogP contribution in [0.3, 0.4) is 0 Å². The van der Waals surface area contributed by atoms with Crippen molar-refractivity contribution in [2.24, 2.45) is 0 Å². The SMILES string of the molecule is [2H]c1c([2H])c([2H])c(-c2nc(-c3ccc4oc5ccccc5c4c3)nc(-n3c4ccccc4c4ccc5c6ccccc6n(-c6ccccc6)c5c43)n2)c([2H])c1[2H]. The Balaban J connectivity index is 1.30. The maximum Gasteiger partial charge on any atom is 0.238 e. The number of furan rings is 1. The van der Waals surface area contributed by atoms with E-state index < -0.39 is 30.2 Å². The van der Waals surface area contributed by atoms with Gasteiger partial charge in [-0.05, 0) is 48.5 Å². The molecule has 0 amide bonds. The van der Waals surface area contributed by atoms with Crippen LogP contribution in [0, 0.1) is 0 Å². The zero-order chi connectivity index (χ0) is 37.8. The summed E-state index contributed by atoms with van der Waals surface area (Å²) in [7, 11) is 0. The minimum atomic E-state index is -0.492. The molecule has 0 fully saturated rings. The maximum atomic E-state index is 8.93. The van der Waals surface area contributed by atoms with Crippen molar-refractivity contribution in [2.45, 2.75) is 0 Å². The molecule has 51 heavy (non-hydrogen) atoms. The molecule has 6 nitrogen and oxygen atoms in total. The highest BCUT2D eigenvalue weighted by Gasteiger charge is 2.23. The Hall–Kier alpha value is -7.05. The normalized spacial score (nSPS) is 13.3. The van der Waals surface area contributed by atoms with Gasteiger partial charge in [0.05, 0.1) is 28.9 Å². The molecule has 0 aliphatic heterocycles. The average Bonchev–Trinajstić information content (AvgIpc) is 3.90. The van der Waals surface area contributed by atoms with Crippen LogP contribution in [0.5, 0.6) is 0 Å². The molecule has 0 radical (unpaired) electrons. The van der Waals surface area contributed by atoms with Crippen molar-refractivity contribution in [3.8, 4) is 34.4 Å². The van der Waals surface area contributed by atoms with Crippen LogP contribution in [0.15, 0.2) is 168 Å². The molecule has 238 valence electrons. The molecule has 6 heteroatoms. The number of nitrogens with zero attached hydrogens (tertiary/aromatic N) is 5. The highest BCUT2D eigenvalue weighted by molar-refractivity contribution is 6.23. The molecular formula is C45H27N5O. The first-order valence-electron chi connectivity index (χ1n) is 19.1. The molecule has 0 unspecified atom stereocenters. The largest absolute Gasteiger partial charge is 0.456 e. The summed E-state index contributed by atoms with van der Waals surface area (Å²) in [4.78, 5) is 15.1. The molecule has 4 aromatic heterocycles. The molecule has 11 aromatic rings. The summed E-state index contributed by atoms with van der Waals surface area (Å²) >= 11 is 0. The number of rotatable bonds is 4. The third-order valence-corrected chi connectivity index (χ3v) is 9.67. The number of hydrogen-bond acceptors (Lipinski definition) is 4. The van der Waals surface area contributed by atoms with Crippen LogP contribution in [-0.4, -0.2) is 24.1 Å². The molecule has 0 spiro atoms. The quantitative estimate of drug-likeness (QED) is 0.189. The van der Waals surface area contributed by atoms with E-state index >= 15 is 0 Å². The van der Waals surface area contributed by atoms with Gasteiger partial charge in [-0.1, -0.05) is 115 Å². The second kappa shape index (κ2) is 10.7. The summed E-state index contributed by atoms with van der Waals surface area (Å²) in [5, 5.41) is 5.89. The fraction of sp³-hybridized carbons (Fsp3) is 0. The molecule has 11 rings (SSSR count). The van der Waals surface area contributed by atoms with E-state index in [9.17, 15) is 0 Å². The zero-order valence-electron chi connectivity index (χ0n) is 31.8. The molecule has 4 heterocycles. The van der Waals surface area contributed by atoms with Crippen LogP contribution in [0.2, 0.25) is 0 Å². The lowest BCUT2D eigenvalue weighted by molar-refractivity contribution is 0.669. The van der Waals surface area contributed by atoms with Crippen LogP contribution in [0.4, 0.5) is 0 Å². The lowest BCUT2D eigenvalue weighted by Crippen LogP contribution is -2.07. The first kappa shape index (κ1) is 23.3. The van der Waals surface area contributed by atoms with E-state index in [1.807, 2.05) is 95.6 Å². The van der Waals surface area contributed by atoms with E-state index in [2.05, 4.69) is 47.0 Å². The molecule has 0 saturated heterocycles. The van der Waals surface area contributed by atoms with Crippen molar-refractivity contribution in [1.82, 2.24) is 24.1 Å². The summed E-state index contributed by atoms with van der Waals surface area (Å²) in [6, 6.07) is 42.2. The number of para-hydroxylation sites is 4. The second-order valence-corrected chi connectivity index (χ2v) is 12.5. The van der Waals surface area contributed by atoms with E-state index in [0.717, 1.165) is 65.7 Å². The van der Waals surface area contributed by atoms with E-state index in [4.69, 9.17) is 26.2 Å². The predicted octanol–water partition coefficient (Wildman–Crippen LogP) is 11.3. The number of hydrogen-bond donors (Lipinski definition) is 0.